The number of allylic oxidation sites excluding steroid dienone is 3. The van der Waals surface area contributed by atoms with E-state index in [1.165, 1.54) is 295 Å². The summed E-state index contributed by atoms with van der Waals surface area (Å²) in [6, 6.07) is -0.635. The second-order valence-electron chi connectivity index (χ2n) is 22.8. The van der Waals surface area contributed by atoms with Crippen LogP contribution in [0, 0.1) is 0 Å². The zero-order chi connectivity index (χ0) is 52.9. The van der Waals surface area contributed by atoms with Crippen LogP contribution < -0.4 is 5.32 Å². The molecule has 2 atom stereocenters. The number of unbranched alkanes of at least 4 members (excludes halogenated alkanes) is 49. The highest BCUT2D eigenvalue weighted by atomic mass is 16.5. The van der Waals surface area contributed by atoms with Gasteiger partial charge < -0.3 is 20.3 Å². The molecule has 2 unspecified atom stereocenters. The van der Waals surface area contributed by atoms with Crippen molar-refractivity contribution in [3.05, 3.63) is 24.3 Å². The first-order chi connectivity index (χ1) is 36.0. The van der Waals surface area contributed by atoms with Crippen LogP contribution in [0.3, 0.4) is 0 Å². The van der Waals surface area contributed by atoms with Crippen molar-refractivity contribution in [1.82, 2.24) is 5.32 Å². The third-order valence-corrected chi connectivity index (χ3v) is 15.5. The summed E-state index contributed by atoms with van der Waals surface area (Å²) in [5.41, 5.74) is 0. The third kappa shape index (κ3) is 59.4. The first kappa shape index (κ1) is 71.3. The smallest absolute Gasteiger partial charge is 0.305 e. The molecule has 0 radical (unpaired) electrons. The third-order valence-electron chi connectivity index (χ3n) is 15.5. The summed E-state index contributed by atoms with van der Waals surface area (Å²) in [5.74, 6) is -0.0661. The minimum atomic E-state index is -0.851. The van der Waals surface area contributed by atoms with E-state index >= 15 is 0 Å². The van der Waals surface area contributed by atoms with Gasteiger partial charge in [-0.15, -0.1) is 0 Å². The lowest BCUT2D eigenvalue weighted by Crippen LogP contribution is -2.45. The van der Waals surface area contributed by atoms with Gasteiger partial charge in [0.15, 0.2) is 0 Å². The zero-order valence-electron chi connectivity index (χ0n) is 49.4. The van der Waals surface area contributed by atoms with Gasteiger partial charge in [-0.3, -0.25) is 9.59 Å². The van der Waals surface area contributed by atoms with E-state index in [9.17, 15) is 19.8 Å². The Morgan fingerprint density at radius 3 is 0.973 bits per heavy atom. The maximum Gasteiger partial charge on any atom is 0.305 e. The van der Waals surface area contributed by atoms with Gasteiger partial charge in [-0.05, 0) is 57.8 Å². The molecule has 6 heteroatoms. The summed E-state index contributed by atoms with van der Waals surface area (Å²) in [7, 11) is 0. The van der Waals surface area contributed by atoms with Crippen LogP contribution in [0.4, 0.5) is 0 Å². The number of ether oxygens (including phenoxy) is 1. The molecule has 0 aliphatic rings. The number of carbonyl (C=O) groups excluding carboxylic acids is 2. The van der Waals surface area contributed by atoms with Crippen molar-refractivity contribution in [3.8, 4) is 0 Å². The van der Waals surface area contributed by atoms with Gasteiger partial charge >= 0.3 is 5.97 Å². The van der Waals surface area contributed by atoms with Gasteiger partial charge in [0.05, 0.1) is 25.4 Å². The molecule has 1 amide bonds. The van der Waals surface area contributed by atoms with Crippen molar-refractivity contribution in [3.63, 3.8) is 0 Å². The Labute approximate surface area is 456 Å². The first-order valence-electron chi connectivity index (χ1n) is 33.1. The van der Waals surface area contributed by atoms with E-state index in [1.54, 1.807) is 6.08 Å². The van der Waals surface area contributed by atoms with Gasteiger partial charge in [0.2, 0.25) is 5.91 Å². The number of aliphatic hydroxyl groups excluding tert-OH is 2. The predicted octanol–water partition coefficient (Wildman–Crippen LogP) is 21.0. The number of aliphatic hydroxyl groups is 2. The van der Waals surface area contributed by atoms with Crippen LogP contribution in [0.2, 0.25) is 0 Å². The molecule has 6 nitrogen and oxygen atoms in total. The molecule has 73 heavy (non-hydrogen) atoms. The zero-order valence-corrected chi connectivity index (χ0v) is 49.4. The second-order valence-corrected chi connectivity index (χ2v) is 22.8. The standard InChI is InChI=1S/C67H129NO5/c1-3-5-7-9-11-13-15-17-19-21-24-29-33-37-41-45-49-53-57-61-67(72)73-62-58-54-50-46-42-38-34-30-26-23-25-28-32-36-40-44-48-52-56-60-66(71)68-64(63-69)65(70)59-55-51-47-43-39-35-31-27-22-20-18-16-14-12-10-8-6-4-2/h23,25,55,59,64-65,69-70H,3-22,24,26-54,56-58,60-63H2,1-2H3,(H,68,71)/b25-23-,59-55+. The maximum absolute atomic E-state index is 12.5. The van der Waals surface area contributed by atoms with E-state index < -0.39 is 12.1 Å². The Morgan fingerprint density at radius 2 is 0.644 bits per heavy atom. The molecule has 0 spiro atoms. The molecule has 432 valence electrons. The summed E-state index contributed by atoms with van der Waals surface area (Å²) in [6.45, 7) is 4.93. The summed E-state index contributed by atoms with van der Waals surface area (Å²) < 4.78 is 5.50. The Bertz CT molecular complexity index is 1140. The molecule has 0 aromatic rings. The fourth-order valence-electron chi connectivity index (χ4n) is 10.4. The number of carbonyl (C=O) groups is 2. The van der Waals surface area contributed by atoms with E-state index in [4.69, 9.17) is 4.74 Å². The van der Waals surface area contributed by atoms with Gasteiger partial charge in [-0.1, -0.05) is 321 Å². The molecule has 0 heterocycles. The molecule has 0 bridgehead atoms. The fraction of sp³-hybridized carbons (Fsp3) is 0.910. The summed E-state index contributed by atoms with van der Waals surface area (Å²) >= 11 is 0. The van der Waals surface area contributed by atoms with Crippen LogP contribution in [0.15, 0.2) is 24.3 Å². The Hall–Kier alpha value is -1.66. The topological polar surface area (TPSA) is 95.9 Å². The highest BCUT2D eigenvalue weighted by molar-refractivity contribution is 5.76. The molecular weight excluding hydrogens is 899 g/mol. The number of rotatable bonds is 62. The van der Waals surface area contributed by atoms with Crippen LogP contribution in [-0.2, 0) is 14.3 Å². The van der Waals surface area contributed by atoms with Crippen LogP contribution in [0.1, 0.15) is 367 Å². The lowest BCUT2D eigenvalue weighted by atomic mass is 10.0. The number of nitrogens with one attached hydrogen (secondary N) is 1. The molecule has 0 aromatic heterocycles. The molecular formula is C67H129NO5. The molecule has 0 aliphatic carbocycles. The highest BCUT2D eigenvalue weighted by Gasteiger charge is 2.18. The molecule has 0 fully saturated rings. The van der Waals surface area contributed by atoms with Gasteiger partial charge in [0, 0.05) is 12.8 Å². The average molecular weight is 1030 g/mol. The van der Waals surface area contributed by atoms with Crippen molar-refractivity contribution in [1.29, 1.82) is 0 Å². The van der Waals surface area contributed by atoms with E-state index in [0.29, 0.717) is 19.4 Å². The van der Waals surface area contributed by atoms with Gasteiger partial charge in [-0.2, -0.15) is 0 Å². The number of hydrogen-bond donors (Lipinski definition) is 3. The van der Waals surface area contributed by atoms with E-state index in [-0.39, 0.29) is 18.5 Å². The van der Waals surface area contributed by atoms with Crippen molar-refractivity contribution in [2.24, 2.45) is 0 Å². The number of amides is 1. The normalized spacial score (nSPS) is 12.7. The van der Waals surface area contributed by atoms with Crippen molar-refractivity contribution < 1.29 is 24.5 Å². The van der Waals surface area contributed by atoms with E-state index in [2.05, 4.69) is 31.3 Å². The predicted molar refractivity (Wildman–Crippen MR) is 320 cm³/mol. The number of esters is 1. The molecule has 3 N–H and O–H groups in total. The summed E-state index contributed by atoms with van der Waals surface area (Å²) in [6.07, 6.45) is 78.0. The Morgan fingerprint density at radius 1 is 0.370 bits per heavy atom. The largest absolute Gasteiger partial charge is 0.466 e. The maximum atomic E-state index is 12.5. The lowest BCUT2D eigenvalue weighted by molar-refractivity contribution is -0.143. The first-order valence-corrected chi connectivity index (χ1v) is 33.1. The number of hydrogen-bond acceptors (Lipinski definition) is 5. The summed E-state index contributed by atoms with van der Waals surface area (Å²) in [5, 5.41) is 23.2. The lowest BCUT2D eigenvalue weighted by Gasteiger charge is -2.20. The van der Waals surface area contributed by atoms with Gasteiger partial charge in [-0.25, -0.2) is 0 Å². The van der Waals surface area contributed by atoms with Crippen LogP contribution >= 0.6 is 0 Å². The summed E-state index contributed by atoms with van der Waals surface area (Å²) in [4.78, 5) is 24.6. The monoisotopic (exact) mass is 1030 g/mol. The van der Waals surface area contributed by atoms with Gasteiger partial charge in [0.1, 0.15) is 0 Å². The molecule has 0 rings (SSSR count). The average Bonchev–Trinajstić information content (AvgIpc) is 3.39. The minimum absolute atomic E-state index is 0.00862. The van der Waals surface area contributed by atoms with Crippen LogP contribution in [-0.4, -0.2) is 47.4 Å². The van der Waals surface area contributed by atoms with Crippen molar-refractivity contribution in [2.75, 3.05) is 13.2 Å². The highest BCUT2D eigenvalue weighted by Crippen LogP contribution is 2.18. The Balaban J connectivity index is 3.43. The minimum Gasteiger partial charge on any atom is -0.466 e. The van der Waals surface area contributed by atoms with Crippen molar-refractivity contribution >= 4 is 11.9 Å². The second kappa shape index (κ2) is 62.9. The quantitative estimate of drug-likeness (QED) is 0.0320. The van der Waals surface area contributed by atoms with Gasteiger partial charge in [0.25, 0.3) is 0 Å². The SMILES string of the molecule is CCCCCCCCCCCCCCCCCC/C=C/C(O)C(CO)NC(=O)CCCCCCCCC/C=C\CCCCCCCCCCOC(=O)CCCCCCCCCCCCCCCCCCCCC. The van der Waals surface area contributed by atoms with Crippen LogP contribution in [0.25, 0.3) is 0 Å². The molecule has 0 aliphatic heterocycles. The van der Waals surface area contributed by atoms with Crippen molar-refractivity contribution in [2.45, 2.75) is 379 Å². The molecule has 0 saturated heterocycles. The molecule has 0 saturated carbocycles. The van der Waals surface area contributed by atoms with E-state index in [1.807, 2.05) is 6.08 Å². The molecule has 0 aromatic carbocycles. The fourth-order valence-corrected chi connectivity index (χ4v) is 10.4. The van der Waals surface area contributed by atoms with Crippen LogP contribution in [0.5, 0.6) is 0 Å². The van der Waals surface area contributed by atoms with E-state index in [0.717, 1.165) is 44.9 Å². The Kier molecular flexibility index (Phi) is 61.4.